The molecule has 0 spiro atoms. The summed E-state index contributed by atoms with van der Waals surface area (Å²) < 4.78 is 31.2. The first kappa shape index (κ1) is 33.0. The lowest BCUT2D eigenvalue weighted by Gasteiger charge is -2.32. The Morgan fingerprint density at radius 3 is 2.34 bits per heavy atom. The molecule has 3 aliphatic rings. The van der Waals surface area contributed by atoms with Gasteiger partial charge in [-0.25, -0.2) is 14.6 Å². The highest BCUT2D eigenvalue weighted by atomic mass is 31.2. The van der Waals surface area contributed by atoms with E-state index in [0.29, 0.717) is 30.5 Å². The second-order valence-corrected chi connectivity index (χ2v) is 25.9. The quantitative estimate of drug-likeness (QED) is 0.122. The van der Waals surface area contributed by atoms with Crippen molar-refractivity contribution in [3.05, 3.63) is 73.3 Å². The van der Waals surface area contributed by atoms with Gasteiger partial charge in [0.05, 0.1) is 31.2 Å². The standard InChI is InChI=1S/C35H48N5O4PSi2/c1-6-29-30(22-32(42-29)39-25-38-33-34(39)36-24-37-35(33)41-20-21-46(2,3)4)43-45-40-19-13-18-28(40)31(44-45)23-47(5,26-14-9-7-10-15-26)27-16-11-8-12-17-27/h7-12,14-17,24-25,28-32H,6,13,18-23H2,1-5H3/t28-,29+,30?,31+,32+,45-/m0/s1. The minimum Gasteiger partial charge on any atom is -0.476 e. The Labute approximate surface area is 282 Å². The van der Waals surface area contributed by atoms with Crippen LogP contribution >= 0.6 is 8.53 Å². The molecule has 0 N–H and O–H groups in total. The average Bonchev–Trinajstić information content (AvgIpc) is 3.87. The molecule has 5 heterocycles. The molecule has 6 atom stereocenters. The normalized spacial score (nSPS) is 26.7. The van der Waals surface area contributed by atoms with Crippen molar-refractivity contribution in [2.75, 3.05) is 13.2 Å². The molecular weight excluding hydrogens is 642 g/mol. The predicted octanol–water partition coefficient (Wildman–Crippen LogP) is 6.61. The maximum Gasteiger partial charge on any atom is 0.259 e. The number of hydrogen-bond acceptors (Lipinski definition) is 8. The summed E-state index contributed by atoms with van der Waals surface area (Å²) in [6.45, 7) is 13.4. The van der Waals surface area contributed by atoms with Crippen LogP contribution in [-0.4, -0.2) is 77.8 Å². The maximum atomic E-state index is 6.99. The van der Waals surface area contributed by atoms with E-state index in [1.165, 1.54) is 16.8 Å². The van der Waals surface area contributed by atoms with Crippen LogP contribution < -0.4 is 15.1 Å². The first-order chi connectivity index (χ1) is 22.7. The van der Waals surface area contributed by atoms with Crippen molar-refractivity contribution in [3.63, 3.8) is 0 Å². The van der Waals surface area contributed by atoms with Gasteiger partial charge in [-0.05, 0) is 31.4 Å². The van der Waals surface area contributed by atoms with Gasteiger partial charge in [-0.2, -0.15) is 4.98 Å². The zero-order valence-electron chi connectivity index (χ0n) is 28.3. The lowest BCUT2D eigenvalue weighted by Crippen LogP contribution is -2.58. The van der Waals surface area contributed by atoms with Crippen molar-refractivity contribution >= 4 is 46.2 Å². The molecule has 0 aliphatic carbocycles. The SMILES string of the molecule is CC[C@H]1O[C@@H](n2cnc3c(OCC[Si](C)(C)C)ncnc32)CC1O[P@@]1O[C@H](C[Si](C)(c2ccccc2)c2ccccc2)[C@@H]2CCCN21. The summed E-state index contributed by atoms with van der Waals surface area (Å²) in [5.74, 6) is 0.542. The fourth-order valence-electron chi connectivity index (χ4n) is 7.34. The Kier molecular flexibility index (Phi) is 9.68. The molecule has 2 aromatic carbocycles. The third kappa shape index (κ3) is 6.86. The molecule has 3 fully saturated rings. The number of imidazole rings is 1. The Bertz CT molecular complexity index is 1600. The summed E-state index contributed by atoms with van der Waals surface area (Å²) >= 11 is 0. The van der Waals surface area contributed by atoms with Gasteiger partial charge in [0, 0.05) is 27.1 Å². The molecule has 3 saturated heterocycles. The number of rotatable bonds is 12. The van der Waals surface area contributed by atoms with Crippen LogP contribution in [0.25, 0.3) is 11.2 Å². The summed E-state index contributed by atoms with van der Waals surface area (Å²) in [5, 5.41) is 2.91. The number of hydrogen-bond donors (Lipinski definition) is 0. The van der Waals surface area contributed by atoms with E-state index in [1.807, 2.05) is 10.9 Å². The smallest absolute Gasteiger partial charge is 0.259 e. The number of fused-ring (bicyclic) bond motifs is 2. The molecule has 4 aromatic rings. The molecule has 7 rings (SSSR count). The number of aromatic nitrogens is 4. The Balaban J connectivity index is 1.07. The molecule has 9 nitrogen and oxygen atoms in total. The molecule has 3 aliphatic heterocycles. The van der Waals surface area contributed by atoms with E-state index < -0.39 is 24.7 Å². The summed E-state index contributed by atoms with van der Waals surface area (Å²) in [6, 6.07) is 24.7. The van der Waals surface area contributed by atoms with Crippen LogP contribution in [0.3, 0.4) is 0 Å². The van der Waals surface area contributed by atoms with Gasteiger partial charge in [0.1, 0.15) is 20.6 Å². The van der Waals surface area contributed by atoms with Crippen molar-refractivity contribution in [1.29, 1.82) is 0 Å². The Morgan fingerprint density at radius 1 is 0.936 bits per heavy atom. The van der Waals surface area contributed by atoms with Crippen LogP contribution in [0.2, 0.25) is 38.3 Å². The summed E-state index contributed by atoms with van der Waals surface area (Å²) in [5.41, 5.74) is 1.41. The lowest BCUT2D eigenvalue weighted by atomic mass is 10.1. The molecule has 47 heavy (non-hydrogen) atoms. The fourth-order valence-corrected chi connectivity index (χ4v) is 14.0. The highest BCUT2D eigenvalue weighted by Crippen LogP contribution is 2.59. The highest BCUT2D eigenvalue weighted by molar-refractivity contribution is 7.45. The molecule has 1 unspecified atom stereocenters. The van der Waals surface area contributed by atoms with E-state index in [9.17, 15) is 0 Å². The van der Waals surface area contributed by atoms with Crippen LogP contribution in [0.4, 0.5) is 0 Å². The van der Waals surface area contributed by atoms with Gasteiger partial charge in [0.25, 0.3) is 8.53 Å². The van der Waals surface area contributed by atoms with E-state index in [0.717, 1.165) is 37.1 Å². The largest absolute Gasteiger partial charge is 0.476 e. The van der Waals surface area contributed by atoms with Gasteiger partial charge in [-0.1, -0.05) is 104 Å². The average molecular weight is 690 g/mol. The number of benzene rings is 2. The topological polar surface area (TPSA) is 83.8 Å². The second-order valence-electron chi connectivity index (χ2n) is 14.6. The van der Waals surface area contributed by atoms with Crippen molar-refractivity contribution in [2.45, 2.75) is 101 Å². The van der Waals surface area contributed by atoms with E-state index in [4.69, 9.17) is 18.5 Å². The molecule has 250 valence electrons. The van der Waals surface area contributed by atoms with Crippen LogP contribution in [-0.2, 0) is 13.8 Å². The van der Waals surface area contributed by atoms with Gasteiger partial charge in [0.15, 0.2) is 11.2 Å². The summed E-state index contributed by atoms with van der Waals surface area (Å²) in [4.78, 5) is 13.7. The molecule has 2 aromatic heterocycles. The van der Waals surface area contributed by atoms with Crippen LogP contribution in [0.5, 0.6) is 5.88 Å². The van der Waals surface area contributed by atoms with E-state index in [2.05, 4.69) is 113 Å². The van der Waals surface area contributed by atoms with E-state index in [-0.39, 0.29) is 24.5 Å². The third-order valence-electron chi connectivity index (χ3n) is 10.1. The van der Waals surface area contributed by atoms with Crippen molar-refractivity contribution in [1.82, 2.24) is 24.2 Å². The van der Waals surface area contributed by atoms with Crippen molar-refractivity contribution < 1.29 is 18.5 Å². The lowest BCUT2D eigenvalue weighted by molar-refractivity contribution is -0.0152. The molecular formula is C35H48N5O4PSi2. The van der Waals surface area contributed by atoms with E-state index in [1.54, 1.807) is 6.33 Å². The van der Waals surface area contributed by atoms with Crippen LogP contribution in [0.15, 0.2) is 73.3 Å². The monoisotopic (exact) mass is 689 g/mol. The van der Waals surface area contributed by atoms with Crippen molar-refractivity contribution in [2.24, 2.45) is 0 Å². The fraction of sp³-hybridized carbons (Fsp3) is 0.514. The molecule has 12 heteroatoms. The zero-order chi connectivity index (χ0) is 32.6. The minimum absolute atomic E-state index is 0.0359. The highest BCUT2D eigenvalue weighted by Gasteiger charge is 2.51. The molecule has 0 saturated carbocycles. The molecule has 0 bridgehead atoms. The van der Waals surface area contributed by atoms with Crippen molar-refractivity contribution in [3.8, 4) is 5.88 Å². The molecule has 0 radical (unpaired) electrons. The molecule has 0 amide bonds. The van der Waals surface area contributed by atoms with Gasteiger partial charge in [-0.15, -0.1) is 0 Å². The predicted molar refractivity (Wildman–Crippen MR) is 193 cm³/mol. The minimum atomic E-state index is -2.07. The number of ether oxygens (including phenoxy) is 2. The summed E-state index contributed by atoms with van der Waals surface area (Å²) in [7, 11) is -4.48. The van der Waals surface area contributed by atoms with Crippen LogP contribution in [0.1, 0.15) is 38.8 Å². The number of nitrogens with zero attached hydrogens (tertiary/aromatic N) is 5. The van der Waals surface area contributed by atoms with Crippen LogP contribution in [0, 0.1) is 0 Å². The van der Waals surface area contributed by atoms with Gasteiger partial charge in [0.2, 0.25) is 5.88 Å². The van der Waals surface area contributed by atoms with Gasteiger partial charge < -0.3 is 18.5 Å². The van der Waals surface area contributed by atoms with E-state index >= 15 is 0 Å². The first-order valence-corrected chi connectivity index (χ1v) is 24.7. The zero-order valence-corrected chi connectivity index (χ0v) is 31.2. The Morgan fingerprint density at radius 2 is 1.66 bits per heavy atom. The summed E-state index contributed by atoms with van der Waals surface area (Å²) in [6.07, 6.45) is 7.10. The Hall–Kier alpha value is -2.51. The third-order valence-corrected chi connectivity index (χ3v) is 18.1. The maximum absolute atomic E-state index is 6.99. The first-order valence-electron chi connectivity index (χ1n) is 17.2. The van der Waals surface area contributed by atoms with Gasteiger partial charge in [-0.3, -0.25) is 4.57 Å². The van der Waals surface area contributed by atoms with Gasteiger partial charge >= 0.3 is 0 Å². The second kappa shape index (κ2) is 13.8.